The maximum absolute atomic E-state index is 12.4. The van der Waals surface area contributed by atoms with E-state index in [1.54, 1.807) is 6.20 Å². The molecule has 3 aromatic rings. The van der Waals surface area contributed by atoms with E-state index in [4.69, 9.17) is 0 Å². The van der Waals surface area contributed by atoms with E-state index in [9.17, 15) is 4.79 Å². The summed E-state index contributed by atoms with van der Waals surface area (Å²) in [6.07, 6.45) is 1.70. The van der Waals surface area contributed by atoms with Gasteiger partial charge in [-0.2, -0.15) is 0 Å². The summed E-state index contributed by atoms with van der Waals surface area (Å²) < 4.78 is 0. The lowest BCUT2D eigenvalue weighted by Gasteiger charge is -2.16. The Balaban J connectivity index is 1.60. The molecule has 1 heterocycles. The molecule has 2 aromatic carbocycles. The van der Waals surface area contributed by atoms with Gasteiger partial charge in [0.05, 0.1) is 11.6 Å². The Morgan fingerprint density at radius 2 is 1.50 bits per heavy atom. The smallest absolute Gasteiger partial charge is 0.233 e. The van der Waals surface area contributed by atoms with Gasteiger partial charge in [-0.15, -0.1) is 0 Å². The van der Waals surface area contributed by atoms with Gasteiger partial charge < -0.3 is 10.6 Å². The second kappa shape index (κ2) is 8.30. The van der Waals surface area contributed by atoms with Gasteiger partial charge in [0.2, 0.25) is 5.91 Å². The summed E-state index contributed by atoms with van der Waals surface area (Å²) in [4.78, 5) is 16.6. The molecule has 1 amide bonds. The number of hydrogen-bond donors (Lipinski definition) is 2. The fourth-order valence-corrected chi connectivity index (χ4v) is 2.74. The minimum absolute atomic E-state index is 0.0675. The zero-order valence-electron chi connectivity index (χ0n) is 15.0. The SMILES string of the molecule is C[C@H](Nc1ccc(NC(=O)[C@H](C)c2ccccn2)cc1)c1ccccc1. The van der Waals surface area contributed by atoms with Gasteiger partial charge in [-0.05, 0) is 55.8 Å². The summed E-state index contributed by atoms with van der Waals surface area (Å²) in [7, 11) is 0. The molecule has 0 aliphatic carbocycles. The van der Waals surface area contributed by atoms with Gasteiger partial charge in [-0.25, -0.2) is 0 Å². The van der Waals surface area contributed by atoms with E-state index >= 15 is 0 Å². The fraction of sp³-hybridized carbons (Fsp3) is 0.182. The third-order valence-electron chi connectivity index (χ3n) is 4.36. The normalized spacial score (nSPS) is 12.8. The van der Waals surface area contributed by atoms with Crippen LogP contribution in [-0.2, 0) is 4.79 Å². The van der Waals surface area contributed by atoms with Crippen molar-refractivity contribution < 1.29 is 4.79 Å². The molecule has 0 radical (unpaired) electrons. The molecule has 0 spiro atoms. The van der Waals surface area contributed by atoms with Crippen molar-refractivity contribution in [3.05, 3.63) is 90.3 Å². The van der Waals surface area contributed by atoms with Gasteiger partial charge in [-0.1, -0.05) is 36.4 Å². The molecule has 1 aromatic heterocycles. The zero-order valence-corrected chi connectivity index (χ0v) is 15.0. The van der Waals surface area contributed by atoms with Crippen molar-refractivity contribution in [2.24, 2.45) is 0 Å². The highest BCUT2D eigenvalue weighted by molar-refractivity contribution is 5.95. The topological polar surface area (TPSA) is 54.0 Å². The molecule has 0 unspecified atom stereocenters. The molecule has 0 fully saturated rings. The first kappa shape index (κ1) is 17.7. The number of benzene rings is 2. The quantitative estimate of drug-likeness (QED) is 0.661. The maximum Gasteiger partial charge on any atom is 0.233 e. The van der Waals surface area contributed by atoms with Gasteiger partial charge in [-0.3, -0.25) is 9.78 Å². The van der Waals surface area contributed by atoms with Crippen LogP contribution in [0.5, 0.6) is 0 Å². The Hall–Kier alpha value is -3.14. The van der Waals surface area contributed by atoms with E-state index in [1.807, 2.05) is 67.6 Å². The minimum atomic E-state index is -0.299. The van der Waals surface area contributed by atoms with Crippen molar-refractivity contribution in [1.29, 1.82) is 0 Å². The predicted molar refractivity (Wildman–Crippen MR) is 106 cm³/mol. The van der Waals surface area contributed by atoms with Crippen LogP contribution >= 0.6 is 0 Å². The van der Waals surface area contributed by atoms with Crippen LogP contribution in [0.25, 0.3) is 0 Å². The van der Waals surface area contributed by atoms with Crippen molar-refractivity contribution in [3.63, 3.8) is 0 Å². The largest absolute Gasteiger partial charge is 0.379 e. The first-order valence-corrected chi connectivity index (χ1v) is 8.77. The molecule has 4 heteroatoms. The molecule has 26 heavy (non-hydrogen) atoms. The number of rotatable bonds is 6. The second-order valence-corrected chi connectivity index (χ2v) is 6.32. The van der Waals surface area contributed by atoms with Gasteiger partial charge >= 0.3 is 0 Å². The van der Waals surface area contributed by atoms with Crippen LogP contribution < -0.4 is 10.6 Å². The number of carbonyl (C=O) groups is 1. The molecule has 0 aliphatic rings. The summed E-state index contributed by atoms with van der Waals surface area (Å²) >= 11 is 0. The molecule has 4 nitrogen and oxygen atoms in total. The summed E-state index contributed by atoms with van der Waals surface area (Å²) in [5, 5.41) is 6.41. The van der Waals surface area contributed by atoms with Crippen LogP contribution in [0.15, 0.2) is 79.0 Å². The van der Waals surface area contributed by atoms with E-state index in [-0.39, 0.29) is 17.9 Å². The third kappa shape index (κ3) is 4.48. The number of nitrogens with zero attached hydrogens (tertiary/aromatic N) is 1. The van der Waals surface area contributed by atoms with Crippen LogP contribution in [0, 0.1) is 0 Å². The van der Waals surface area contributed by atoms with Gasteiger partial charge in [0.1, 0.15) is 0 Å². The van der Waals surface area contributed by atoms with E-state index in [0.717, 1.165) is 17.1 Å². The van der Waals surface area contributed by atoms with Crippen molar-refractivity contribution in [1.82, 2.24) is 4.98 Å². The molecule has 0 saturated heterocycles. The number of carbonyl (C=O) groups excluding carboxylic acids is 1. The first-order chi connectivity index (χ1) is 12.6. The second-order valence-electron chi connectivity index (χ2n) is 6.32. The van der Waals surface area contributed by atoms with Gasteiger partial charge in [0, 0.05) is 23.6 Å². The third-order valence-corrected chi connectivity index (χ3v) is 4.36. The van der Waals surface area contributed by atoms with Crippen LogP contribution in [0.3, 0.4) is 0 Å². The van der Waals surface area contributed by atoms with Crippen LogP contribution in [-0.4, -0.2) is 10.9 Å². The fourth-order valence-electron chi connectivity index (χ4n) is 2.74. The zero-order chi connectivity index (χ0) is 18.4. The molecule has 0 aliphatic heterocycles. The summed E-state index contributed by atoms with van der Waals surface area (Å²) in [6, 6.07) is 23.9. The number of anilines is 2. The Labute approximate surface area is 154 Å². The molecule has 2 N–H and O–H groups in total. The van der Waals surface area contributed by atoms with Crippen molar-refractivity contribution in [3.8, 4) is 0 Å². The number of hydrogen-bond acceptors (Lipinski definition) is 3. The van der Waals surface area contributed by atoms with Crippen LogP contribution in [0.2, 0.25) is 0 Å². The molecule has 2 atom stereocenters. The highest BCUT2D eigenvalue weighted by Crippen LogP contribution is 2.21. The number of aromatic nitrogens is 1. The molecule has 0 saturated carbocycles. The highest BCUT2D eigenvalue weighted by Gasteiger charge is 2.16. The molecular formula is C22H23N3O. The van der Waals surface area contributed by atoms with Crippen molar-refractivity contribution >= 4 is 17.3 Å². The van der Waals surface area contributed by atoms with Crippen molar-refractivity contribution in [2.75, 3.05) is 10.6 Å². The average Bonchev–Trinajstić information content (AvgIpc) is 2.70. The average molecular weight is 345 g/mol. The van der Waals surface area contributed by atoms with E-state index in [1.165, 1.54) is 5.56 Å². The number of amides is 1. The lowest BCUT2D eigenvalue weighted by atomic mass is 10.1. The number of pyridine rings is 1. The van der Waals surface area contributed by atoms with Gasteiger partial charge in [0.15, 0.2) is 0 Å². The first-order valence-electron chi connectivity index (χ1n) is 8.77. The highest BCUT2D eigenvalue weighted by atomic mass is 16.1. The van der Waals surface area contributed by atoms with Gasteiger partial charge in [0.25, 0.3) is 0 Å². The lowest BCUT2D eigenvalue weighted by molar-refractivity contribution is -0.117. The Morgan fingerprint density at radius 3 is 2.15 bits per heavy atom. The van der Waals surface area contributed by atoms with E-state index in [0.29, 0.717) is 0 Å². The Morgan fingerprint density at radius 1 is 0.846 bits per heavy atom. The molecule has 132 valence electrons. The van der Waals surface area contributed by atoms with E-state index in [2.05, 4.69) is 34.7 Å². The van der Waals surface area contributed by atoms with E-state index < -0.39 is 0 Å². The minimum Gasteiger partial charge on any atom is -0.379 e. The molecule has 0 bridgehead atoms. The molecular weight excluding hydrogens is 322 g/mol. The standard InChI is InChI=1S/C22H23N3O/c1-16(21-10-6-7-15-23-21)22(26)25-20-13-11-19(12-14-20)24-17(2)18-8-4-3-5-9-18/h3-17,24H,1-2H3,(H,25,26)/t16-,17+/m1/s1. The van der Waals surface area contributed by atoms with Crippen molar-refractivity contribution in [2.45, 2.75) is 25.8 Å². The Kier molecular flexibility index (Phi) is 5.64. The summed E-state index contributed by atoms with van der Waals surface area (Å²) in [6.45, 7) is 3.98. The monoisotopic (exact) mass is 345 g/mol. The number of nitrogens with one attached hydrogen (secondary N) is 2. The maximum atomic E-state index is 12.4. The van der Waals surface area contributed by atoms with Crippen LogP contribution in [0.1, 0.15) is 37.1 Å². The van der Waals surface area contributed by atoms with Crippen LogP contribution in [0.4, 0.5) is 11.4 Å². The molecule has 3 rings (SSSR count). The lowest BCUT2D eigenvalue weighted by Crippen LogP contribution is -2.19. The summed E-state index contributed by atoms with van der Waals surface area (Å²) in [5.41, 5.74) is 3.78. The predicted octanol–water partition coefficient (Wildman–Crippen LogP) is 5.00. The Bertz CT molecular complexity index is 832. The summed E-state index contributed by atoms with van der Waals surface area (Å²) in [5.74, 6) is -0.367.